The Morgan fingerprint density at radius 1 is 1.20 bits per heavy atom. The van der Waals surface area contributed by atoms with Crippen LogP contribution in [0.1, 0.15) is 58.7 Å². The maximum Gasteiger partial charge on any atom is 0.261 e. The van der Waals surface area contributed by atoms with E-state index >= 15 is 0 Å². The third-order valence-corrected chi connectivity index (χ3v) is 3.70. The molecule has 0 aromatic carbocycles. The molecule has 0 amide bonds. The van der Waals surface area contributed by atoms with Crippen molar-refractivity contribution in [1.82, 2.24) is 25.1 Å². The van der Waals surface area contributed by atoms with Gasteiger partial charge < -0.3 is 9.73 Å². The molecule has 0 saturated heterocycles. The highest BCUT2D eigenvalue weighted by atomic mass is 32.1. The van der Waals surface area contributed by atoms with Gasteiger partial charge in [0.2, 0.25) is 5.89 Å². The standard InChI is InChI=1S/C13H21N5OS/c1-6-8(14-7-2)11-16-17-12(19-11)9-10(13(3,4)5)15-18-20-9/h8,14H,6-7H2,1-5H3. The quantitative estimate of drug-likeness (QED) is 0.914. The van der Waals surface area contributed by atoms with Gasteiger partial charge in [-0.3, -0.25) is 0 Å². The summed E-state index contributed by atoms with van der Waals surface area (Å²) in [5.41, 5.74) is 0.803. The van der Waals surface area contributed by atoms with Gasteiger partial charge in [-0.2, -0.15) is 0 Å². The predicted molar refractivity (Wildman–Crippen MR) is 78.6 cm³/mol. The molecule has 1 unspecified atom stereocenters. The van der Waals surface area contributed by atoms with Gasteiger partial charge in [-0.15, -0.1) is 15.3 Å². The zero-order valence-corrected chi connectivity index (χ0v) is 13.4. The number of rotatable bonds is 5. The average Bonchev–Trinajstić information content (AvgIpc) is 3.02. The number of hydrogen-bond donors (Lipinski definition) is 1. The van der Waals surface area contributed by atoms with Crippen molar-refractivity contribution in [1.29, 1.82) is 0 Å². The van der Waals surface area contributed by atoms with Crippen LogP contribution in [0, 0.1) is 0 Å². The molecule has 2 aromatic heterocycles. The van der Waals surface area contributed by atoms with Crippen molar-refractivity contribution in [2.45, 2.75) is 52.5 Å². The average molecular weight is 295 g/mol. The summed E-state index contributed by atoms with van der Waals surface area (Å²) in [7, 11) is 0. The minimum absolute atomic E-state index is 0.0945. The number of nitrogens with zero attached hydrogens (tertiary/aromatic N) is 4. The van der Waals surface area contributed by atoms with Crippen LogP contribution in [0.25, 0.3) is 10.8 Å². The van der Waals surface area contributed by atoms with Crippen LogP contribution in [0.5, 0.6) is 0 Å². The fourth-order valence-corrected chi connectivity index (χ4v) is 2.74. The number of aromatic nitrogens is 4. The fourth-order valence-electron chi connectivity index (χ4n) is 1.94. The normalized spacial score (nSPS) is 13.7. The molecule has 6 nitrogen and oxygen atoms in total. The van der Waals surface area contributed by atoms with Crippen LogP contribution in [-0.4, -0.2) is 26.3 Å². The Balaban J connectivity index is 2.32. The second-order valence-corrected chi connectivity index (χ2v) is 6.42. The molecule has 0 fully saturated rings. The highest BCUT2D eigenvalue weighted by Crippen LogP contribution is 2.33. The molecule has 0 bridgehead atoms. The molecule has 2 rings (SSSR count). The summed E-state index contributed by atoms with van der Waals surface area (Å²) >= 11 is 1.30. The van der Waals surface area contributed by atoms with E-state index in [-0.39, 0.29) is 11.5 Å². The lowest BCUT2D eigenvalue weighted by atomic mass is 9.91. The van der Waals surface area contributed by atoms with Crippen LogP contribution in [-0.2, 0) is 5.41 Å². The topological polar surface area (TPSA) is 76.7 Å². The molecule has 2 heterocycles. The van der Waals surface area contributed by atoms with E-state index in [2.05, 4.69) is 59.7 Å². The Morgan fingerprint density at radius 3 is 2.55 bits per heavy atom. The number of hydrogen-bond acceptors (Lipinski definition) is 7. The van der Waals surface area contributed by atoms with E-state index in [0.717, 1.165) is 23.5 Å². The molecule has 0 spiro atoms. The lowest BCUT2D eigenvalue weighted by Crippen LogP contribution is -2.20. The van der Waals surface area contributed by atoms with E-state index in [1.54, 1.807) is 0 Å². The van der Waals surface area contributed by atoms with Gasteiger partial charge in [0.1, 0.15) is 4.88 Å². The van der Waals surface area contributed by atoms with Gasteiger partial charge in [-0.25, -0.2) is 0 Å². The molecular formula is C13H21N5OS. The third kappa shape index (κ3) is 3.04. The lowest BCUT2D eigenvalue weighted by Gasteiger charge is -2.15. The Kier molecular flexibility index (Phi) is 4.49. The van der Waals surface area contributed by atoms with Crippen LogP contribution >= 0.6 is 11.5 Å². The SMILES string of the molecule is CCNC(CC)c1nnc(-c2snnc2C(C)(C)C)o1. The van der Waals surface area contributed by atoms with Crippen molar-refractivity contribution >= 4 is 11.5 Å². The van der Waals surface area contributed by atoms with Gasteiger partial charge in [0, 0.05) is 5.41 Å². The van der Waals surface area contributed by atoms with Crippen LogP contribution in [0.15, 0.2) is 4.42 Å². The first-order chi connectivity index (χ1) is 9.47. The second kappa shape index (κ2) is 5.97. The van der Waals surface area contributed by atoms with Gasteiger partial charge in [-0.05, 0) is 24.5 Å². The van der Waals surface area contributed by atoms with Crippen LogP contribution in [0.2, 0.25) is 0 Å². The van der Waals surface area contributed by atoms with Crippen molar-refractivity contribution in [3.8, 4) is 10.8 Å². The molecule has 20 heavy (non-hydrogen) atoms. The van der Waals surface area contributed by atoms with Crippen LogP contribution < -0.4 is 5.32 Å². The van der Waals surface area contributed by atoms with E-state index in [9.17, 15) is 0 Å². The zero-order chi connectivity index (χ0) is 14.8. The van der Waals surface area contributed by atoms with Gasteiger partial charge >= 0.3 is 0 Å². The molecule has 1 atom stereocenters. The zero-order valence-electron chi connectivity index (χ0n) is 12.6. The van der Waals surface area contributed by atoms with E-state index < -0.39 is 0 Å². The minimum Gasteiger partial charge on any atom is -0.418 e. The van der Waals surface area contributed by atoms with E-state index in [1.165, 1.54) is 11.5 Å². The first kappa shape index (κ1) is 15.1. The van der Waals surface area contributed by atoms with Crippen molar-refractivity contribution in [2.24, 2.45) is 0 Å². The molecule has 0 saturated carbocycles. The molecule has 0 radical (unpaired) electrons. The Morgan fingerprint density at radius 2 is 1.95 bits per heavy atom. The fraction of sp³-hybridized carbons (Fsp3) is 0.692. The van der Waals surface area contributed by atoms with Crippen molar-refractivity contribution in [2.75, 3.05) is 6.54 Å². The molecular weight excluding hydrogens is 274 g/mol. The summed E-state index contributed by atoms with van der Waals surface area (Å²) < 4.78 is 9.84. The summed E-state index contributed by atoms with van der Waals surface area (Å²) in [4.78, 5) is 0.864. The molecule has 7 heteroatoms. The van der Waals surface area contributed by atoms with Gasteiger partial charge in [0.25, 0.3) is 5.89 Å². The van der Waals surface area contributed by atoms with E-state index in [0.29, 0.717) is 11.8 Å². The molecule has 2 aromatic rings. The molecule has 110 valence electrons. The Bertz CT molecular complexity index is 557. The van der Waals surface area contributed by atoms with Crippen molar-refractivity contribution in [3.63, 3.8) is 0 Å². The highest BCUT2D eigenvalue weighted by Gasteiger charge is 2.27. The largest absolute Gasteiger partial charge is 0.418 e. The Hall–Kier alpha value is -1.34. The maximum atomic E-state index is 5.82. The Labute approximate surface area is 123 Å². The summed E-state index contributed by atoms with van der Waals surface area (Å²) in [6.07, 6.45) is 0.905. The smallest absolute Gasteiger partial charge is 0.261 e. The maximum absolute atomic E-state index is 5.82. The summed E-state index contributed by atoms with van der Waals surface area (Å²) in [5.74, 6) is 1.13. The van der Waals surface area contributed by atoms with Gasteiger partial charge in [0.15, 0.2) is 0 Å². The summed E-state index contributed by atoms with van der Waals surface area (Å²) in [6.45, 7) is 11.3. The molecule has 0 aliphatic heterocycles. The first-order valence-electron chi connectivity index (χ1n) is 6.87. The first-order valence-corrected chi connectivity index (χ1v) is 7.64. The summed E-state index contributed by atoms with van der Waals surface area (Å²) in [6, 6.07) is 0.0974. The van der Waals surface area contributed by atoms with Gasteiger partial charge in [-0.1, -0.05) is 39.1 Å². The predicted octanol–water partition coefficient (Wildman–Crippen LogP) is 2.95. The second-order valence-electron chi connectivity index (χ2n) is 5.66. The third-order valence-electron chi connectivity index (χ3n) is 2.99. The molecule has 1 N–H and O–H groups in total. The monoisotopic (exact) mass is 295 g/mol. The molecule has 0 aliphatic carbocycles. The van der Waals surface area contributed by atoms with Crippen molar-refractivity contribution in [3.05, 3.63) is 11.6 Å². The summed E-state index contributed by atoms with van der Waals surface area (Å²) in [5, 5.41) is 15.8. The van der Waals surface area contributed by atoms with E-state index in [1.807, 2.05) is 0 Å². The van der Waals surface area contributed by atoms with Crippen molar-refractivity contribution < 1.29 is 4.42 Å². The van der Waals surface area contributed by atoms with Crippen LogP contribution in [0.4, 0.5) is 0 Å². The van der Waals surface area contributed by atoms with E-state index in [4.69, 9.17) is 4.42 Å². The van der Waals surface area contributed by atoms with Crippen LogP contribution in [0.3, 0.4) is 0 Å². The highest BCUT2D eigenvalue weighted by molar-refractivity contribution is 7.09. The number of nitrogens with one attached hydrogen (secondary N) is 1. The minimum atomic E-state index is -0.0945. The van der Waals surface area contributed by atoms with Gasteiger partial charge in [0.05, 0.1) is 11.7 Å². The lowest BCUT2D eigenvalue weighted by molar-refractivity contribution is 0.401. The molecule has 0 aliphatic rings.